The Morgan fingerprint density at radius 2 is 2.06 bits per heavy atom. The van der Waals surface area contributed by atoms with Crippen LogP contribution in [-0.2, 0) is 0 Å². The Hall–Kier alpha value is -1.34. The molecule has 0 amide bonds. The summed E-state index contributed by atoms with van der Waals surface area (Å²) >= 11 is 0. The topological polar surface area (TPSA) is 20.2 Å². The van der Waals surface area contributed by atoms with Crippen LogP contribution in [0.2, 0.25) is 0 Å². The van der Waals surface area contributed by atoms with E-state index in [1.165, 1.54) is 11.1 Å². The summed E-state index contributed by atoms with van der Waals surface area (Å²) in [5.41, 5.74) is 2.03. The summed E-state index contributed by atoms with van der Waals surface area (Å²) in [5.74, 6) is 0.470. The fourth-order valence-electron chi connectivity index (χ4n) is 3.15. The molecule has 0 fully saturated rings. The van der Waals surface area contributed by atoms with Gasteiger partial charge in [-0.25, -0.2) is 0 Å². The summed E-state index contributed by atoms with van der Waals surface area (Å²) in [5, 5.41) is 10.6. The zero-order valence-corrected chi connectivity index (χ0v) is 9.26. The molecule has 2 aliphatic carbocycles. The molecular formula is C15H16O. The van der Waals surface area contributed by atoms with E-state index in [0.717, 1.165) is 12.8 Å². The molecule has 0 saturated carbocycles. The van der Waals surface area contributed by atoms with Gasteiger partial charge < -0.3 is 5.11 Å². The van der Waals surface area contributed by atoms with Gasteiger partial charge in [0.1, 0.15) is 0 Å². The molecule has 1 aromatic carbocycles. The Balaban J connectivity index is 2.17. The van der Waals surface area contributed by atoms with Gasteiger partial charge in [-0.2, -0.15) is 0 Å². The Labute approximate surface area is 96.1 Å². The predicted octanol–water partition coefficient (Wildman–Crippen LogP) is 3.13. The highest BCUT2D eigenvalue weighted by Crippen LogP contribution is 2.50. The summed E-state index contributed by atoms with van der Waals surface area (Å²) in [6, 6.07) is 8.42. The van der Waals surface area contributed by atoms with E-state index in [4.69, 9.17) is 0 Å². The maximum Gasteiger partial charge on any atom is 0.0793 e. The number of hydrogen-bond donors (Lipinski definition) is 1. The van der Waals surface area contributed by atoms with Gasteiger partial charge in [0.2, 0.25) is 0 Å². The fraction of sp³-hybridized carbons (Fsp3) is 0.333. The highest BCUT2D eigenvalue weighted by Gasteiger charge is 2.44. The van der Waals surface area contributed by atoms with Crippen LogP contribution >= 0.6 is 0 Å². The lowest BCUT2D eigenvalue weighted by atomic mass is 9.69. The minimum Gasteiger partial charge on any atom is -0.389 e. The van der Waals surface area contributed by atoms with Crippen LogP contribution in [0.5, 0.6) is 0 Å². The van der Waals surface area contributed by atoms with Crippen LogP contribution in [0.15, 0.2) is 49.1 Å². The van der Waals surface area contributed by atoms with Crippen molar-refractivity contribution in [2.75, 3.05) is 0 Å². The van der Waals surface area contributed by atoms with Crippen LogP contribution < -0.4 is 0 Å². The third kappa shape index (κ3) is 1.21. The summed E-state index contributed by atoms with van der Waals surface area (Å²) in [4.78, 5) is 0. The van der Waals surface area contributed by atoms with Crippen LogP contribution in [0.4, 0.5) is 0 Å². The smallest absolute Gasteiger partial charge is 0.0793 e. The lowest BCUT2D eigenvalue weighted by Crippen LogP contribution is -2.38. The Bertz CT molecular complexity index is 460. The molecule has 0 unspecified atom stereocenters. The predicted molar refractivity (Wildman–Crippen MR) is 65.4 cm³/mol. The fourth-order valence-corrected chi connectivity index (χ4v) is 3.15. The van der Waals surface area contributed by atoms with Crippen LogP contribution in [0.1, 0.15) is 35.8 Å². The SMILES string of the molecule is C=C[C@@H]1C[C@]2(O)CC=C[C@@H]2c2ccccc21. The third-order valence-corrected chi connectivity index (χ3v) is 3.97. The van der Waals surface area contributed by atoms with Crippen LogP contribution in [0, 0.1) is 0 Å². The monoisotopic (exact) mass is 212 g/mol. The normalized spacial score (nSPS) is 35.6. The van der Waals surface area contributed by atoms with Crippen LogP contribution in [0.25, 0.3) is 0 Å². The minimum absolute atomic E-state index is 0.180. The third-order valence-electron chi connectivity index (χ3n) is 3.97. The van der Waals surface area contributed by atoms with Crippen molar-refractivity contribution in [2.45, 2.75) is 30.3 Å². The van der Waals surface area contributed by atoms with E-state index < -0.39 is 5.60 Å². The summed E-state index contributed by atoms with van der Waals surface area (Å²) in [6.07, 6.45) is 7.79. The molecule has 1 heteroatoms. The first-order chi connectivity index (χ1) is 7.74. The quantitative estimate of drug-likeness (QED) is 0.709. The Morgan fingerprint density at radius 1 is 1.31 bits per heavy atom. The second-order valence-electron chi connectivity index (χ2n) is 4.89. The van der Waals surface area contributed by atoms with Crippen molar-refractivity contribution in [3.05, 3.63) is 60.2 Å². The second kappa shape index (κ2) is 3.33. The first-order valence-electron chi connectivity index (χ1n) is 5.85. The lowest BCUT2D eigenvalue weighted by molar-refractivity contribution is 0.0182. The first kappa shape index (κ1) is 9.86. The molecule has 1 aromatic rings. The van der Waals surface area contributed by atoms with E-state index in [0.29, 0.717) is 0 Å². The molecule has 0 heterocycles. The van der Waals surface area contributed by atoms with Crippen molar-refractivity contribution >= 4 is 0 Å². The average molecular weight is 212 g/mol. The lowest BCUT2D eigenvalue weighted by Gasteiger charge is -2.39. The van der Waals surface area contributed by atoms with Gasteiger partial charge in [0, 0.05) is 11.8 Å². The molecular weight excluding hydrogens is 196 g/mol. The molecule has 3 rings (SSSR count). The van der Waals surface area contributed by atoms with Crippen LogP contribution in [0.3, 0.4) is 0 Å². The molecule has 1 N–H and O–H groups in total. The van der Waals surface area contributed by atoms with E-state index in [-0.39, 0.29) is 11.8 Å². The number of fused-ring (bicyclic) bond motifs is 3. The number of rotatable bonds is 1. The van der Waals surface area contributed by atoms with Crippen LogP contribution in [-0.4, -0.2) is 10.7 Å². The molecule has 0 aliphatic heterocycles. The summed E-state index contributed by atoms with van der Waals surface area (Å²) in [7, 11) is 0. The van der Waals surface area contributed by atoms with Crippen molar-refractivity contribution in [1.29, 1.82) is 0 Å². The number of hydrogen-bond acceptors (Lipinski definition) is 1. The van der Waals surface area contributed by atoms with E-state index in [1.54, 1.807) is 0 Å². The Kier molecular flexibility index (Phi) is 2.05. The zero-order chi connectivity index (χ0) is 11.2. The molecule has 0 spiro atoms. The second-order valence-corrected chi connectivity index (χ2v) is 4.89. The van der Waals surface area contributed by atoms with Gasteiger partial charge in [0.05, 0.1) is 5.60 Å². The molecule has 16 heavy (non-hydrogen) atoms. The van der Waals surface area contributed by atoms with E-state index in [1.807, 2.05) is 6.08 Å². The van der Waals surface area contributed by atoms with E-state index in [2.05, 4.69) is 43.0 Å². The van der Waals surface area contributed by atoms with Crippen molar-refractivity contribution in [2.24, 2.45) is 0 Å². The van der Waals surface area contributed by atoms with Gasteiger partial charge in [-0.15, -0.1) is 6.58 Å². The van der Waals surface area contributed by atoms with Gasteiger partial charge in [-0.1, -0.05) is 42.5 Å². The summed E-state index contributed by atoms with van der Waals surface area (Å²) < 4.78 is 0. The number of aliphatic hydroxyl groups is 1. The van der Waals surface area contributed by atoms with Crippen molar-refractivity contribution in [3.63, 3.8) is 0 Å². The largest absolute Gasteiger partial charge is 0.389 e. The number of allylic oxidation sites excluding steroid dienone is 1. The van der Waals surface area contributed by atoms with Gasteiger partial charge >= 0.3 is 0 Å². The summed E-state index contributed by atoms with van der Waals surface area (Å²) in [6.45, 7) is 3.90. The maximum atomic E-state index is 10.6. The molecule has 0 aromatic heterocycles. The molecule has 0 bridgehead atoms. The number of benzene rings is 1. The highest BCUT2D eigenvalue weighted by atomic mass is 16.3. The molecule has 3 atom stereocenters. The highest BCUT2D eigenvalue weighted by molar-refractivity contribution is 5.45. The molecule has 82 valence electrons. The van der Waals surface area contributed by atoms with E-state index >= 15 is 0 Å². The van der Waals surface area contributed by atoms with Crippen molar-refractivity contribution in [3.8, 4) is 0 Å². The van der Waals surface area contributed by atoms with Gasteiger partial charge in [0.15, 0.2) is 0 Å². The molecule has 2 aliphatic rings. The van der Waals surface area contributed by atoms with Gasteiger partial charge in [0.25, 0.3) is 0 Å². The molecule has 0 radical (unpaired) electrons. The average Bonchev–Trinajstić information content (AvgIpc) is 2.70. The first-order valence-corrected chi connectivity index (χ1v) is 5.85. The Morgan fingerprint density at radius 3 is 2.81 bits per heavy atom. The maximum absolute atomic E-state index is 10.6. The molecule has 0 saturated heterocycles. The molecule has 1 nitrogen and oxygen atoms in total. The van der Waals surface area contributed by atoms with Crippen molar-refractivity contribution in [1.82, 2.24) is 0 Å². The minimum atomic E-state index is -0.576. The zero-order valence-electron chi connectivity index (χ0n) is 9.26. The van der Waals surface area contributed by atoms with Gasteiger partial charge in [-0.05, 0) is 24.0 Å². The van der Waals surface area contributed by atoms with E-state index in [9.17, 15) is 5.11 Å². The van der Waals surface area contributed by atoms with Gasteiger partial charge in [-0.3, -0.25) is 0 Å². The van der Waals surface area contributed by atoms with Crippen molar-refractivity contribution < 1.29 is 5.11 Å². The standard InChI is InChI=1S/C15H16O/c1-2-11-10-15(16)9-5-8-14(15)13-7-4-3-6-12(11)13/h2-8,11,14,16H,1,9-10H2/t11-,14-,15-/m1/s1.